The molecule has 0 aliphatic carbocycles. The highest BCUT2D eigenvalue weighted by Crippen LogP contribution is 2.29. The van der Waals surface area contributed by atoms with Crippen molar-refractivity contribution in [3.05, 3.63) is 11.8 Å². The first-order valence-corrected chi connectivity index (χ1v) is 8.20. The lowest BCUT2D eigenvalue weighted by Crippen LogP contribution is -2.55. The highest BCUT2D eigenvalue weighted by Gasteiger charge is 2.45. The SMILES string of the molecule is CCC[SiH2]N.COC(C)C(OC)(OC)C1=CC(=O)N1. The number of amides is 1. The van der Waals surface area contributed by atoms with E-state index in [2.05, 4.69) is 12.2 Å². The van der Waals surface area contributed by atoms with E-state index in [9.17, 15) is 4.79 Å². The van der Waals surface area contributed by atoms with Crippen LogP contribution < -0.4 is 10.7 Å². The van der Waals surface area contributed by atoms with E-state index >= 15 is 0 Å². The van der Waals surface area contributed by atoms with Gasteiger partial charge in [-0.25, -0.2) is 0 Å². The van der Waals surface area contributed by atoms with E-state index in [0.717, 1.165) is 0 Å². The fraction of sp³-hybridized carbons (Fsp3) is 0.750. The summed E-state index contributed by atoms with van der Waals surface area (Å²) >= 11 is 0. The summed E-state index contributed by atoms with van der Waals surface area (Å²) in [4.78, 5) is 10.8. The summed E-state index contributed by atoms with van der Waals surface area (Å²) in [5.74, 6) is -1.18. The predicted molar refractivity (Wildman–Crippen MR) is 77.3 cm³/mol. The molecular weight excluding hydrogens is 264 g/mol. The Bertz CT molecular complexity index is 304. The molecule has 0 fully saturated rings. The highest BCUT2D eigenvalue weighted by atomic mass is 28.2. The molecule has 1 rings (SSSR count). The number of ether oxygens (including phenoxy) is 3. The van der Waals surface area contributed by atoms with Gasteiger partial charge in [0.1, 0.15) is 6.10 Å². The second kappa shape index (κ2) is 9.22. The molecule has 0 saturated heterocycles. The summed E-state index contributed by atoms with van der Waals surface area (Å²) in [5.41, 5.74) is 0.585. The number of nitrogens with one attached hydrogen (secondary N) is 1. The van der Waals surface area contributed by atoms with E-state index in [4.69, 9.17) is 19.6 Å². The van der Waals surface area contributed by atoms with E-state index in [1.807, 2.05) is 0 Å². The van der Waals surface area contributed by atoms with Crippen molar-refractivity contribution >= 4 is 15.6 Å². The van der Waals surface area contributed by atoms with E-state index < -0.39 is 5.79 Å². The van der Waals surface area contributed by atoms with Crippen molar-refractivity contribution in [3.8, 4) is 0 Å². The zero-order chi connectivity index (χ0) is 14.9. The number of rotatable bonds is 7. The molecule has 0 aromatic rings. The van der Waals surface area contributed by atoms with Gasteiger partial charge in [0, 0.05) is 27.4 Å². The molecule has 3 N–H and O–H groups in total. The summed E-state index contributed by atoms with van der Waals surface area (Å²) in [6.45, 7) is 3.97. The van der Waals surface area contributed by atoms with Gasteiger partial charge in [0.05, 0.1) is 15.4 Å². The first-order chi connectivity index (χ1) is 9.02. The van der Waals surface area contributed by atoms with Crippen molar-refractivity contribution in [3.63, 3.8) is 0 Å². The molecule has 1 heterocycles. The highest BCUT2D eigenvalue weighted by molar-refractivity contribution is 6.30. The fourth-order valence-electron chi connectivity index (χ4n) is 1.66. The number of carbonyl (C=O) groups excluding carboxylic acids is 1. The van der Waals surface area contributed by atoms with E-state index in [-0.39, 0.29) is 21.7 Å². The molecule has 0 aromatic carbocycles. The molecule has 1 aliphatic rings. The molecule has 6 nitrogen and oxygen atoms in total. The quantitative estimate of drug-likeness (QED) is 0.504. The van der Waals surface area contributed by atoms with Crippen molar-refractivity contribution < 1.29 is 19.0 Å². The summed E-state index contributed by atoms with van der Waals surface area (Å²) < 4.78 is 15.7. The van der Waals surface area contributed by atoms with Gasteiger partial charge in [-0.1, -0.05) is 19.4 Å². The molecule has 0 radical (unpaired) electrons. The van der Waals surface area contributed by atoms with Crippen molar-refractivity contribution in [1.82, 2.24) is 5.32 Å². The van der Waals surface area contributed by atoms with Crippen LogP contribution in [0, 0.1) is 0 Å². The van der Waals surface area contributed by atoms with E-state index in [1.54, 1.807) is 14.0 Å². The molecule has 7 heteroatoms. The monoisotopic (exact) mass is 290 g/mol. The molecule has 1 aliphatic heterocycles. The Hall–Kier alpha value is -0.733. The molecule has 0 spiro atoms. The number of methoxy groups -OCH3 is 3. The first-order valence-electron chi connectivity index (χ1n) is 6.38. The maximum atomic E-state index is 10.8. The van der Waals surface area contributed by atoms with E-state index in [0.29, 0.717) is 5.70 Å². The normalized spacial score (nSPS) is 16.3. The van der Waals surface area contributed by atoms with Crippen LogP contribution in [0.2, 0.25) is 6.04 Å². The van der Waals surface area contributed by atoms with Crippen LogP contribution in [0.4, 0.5) is 0 Å². The maximum absolute atomic E-state index is 10.8. The minimum Gasteiger partial charge on any atom is -0.376 e. The Morgan fingerprint density at radius 3 is 2.16 bits per heavy atom. The van der Waals surface area contributed by atoms with Crippen LogP contribution in [0.25, 0.3) is 0 Å². The summed E-state index contributed by atoms with van der Waals surface area (Å²) in [6, 6.07) is 1.31. The zero-order valence-electron chi connectivity index (χ0n) is 12.5. The molecule has 0 bridgehead atoms. The van der Waals surface area contributed by atoms with Gasteiger partial charge in [0.2, 0.25) is 11.7 Å². The van der Waals surface area contributed by atoms with Gasteiger partial charge in [-0.05, 0) is 6.92 Å². The minimum atomic E-state index is -1.03. The van der Waals surface area contributed by atoms with E-state index in [1.165, 1.54) is 32.8 Å². The summed E-state index contributed by atoms with van der Waals surface area (Å²) in [7, 11) is 4.48. The van der Waals surface area contributed by atoms with Crippen LogP contribution >= 0.6 is 0 Å². The first kappa shape index (κ1) is 18.3. The van der Waals surface area contributed by atoms with Crippen LogP contribution in [-0.4, -0.2) is 48.8 Å². The van der Waals surface area contributed by atoms with Gasteiger partial charge in [-0.2, -0.15) is 0 Å². The minimum absolute atomic E-state index is 0.0860. The fourth-order valence-corrected chi connectivity index (χ4v) is 2.07. The predicted octanol–water partition coefficient (Wildman–Crippen LogP) is -0.119. The van der Waals surface area contributed by atoms with Gasteiger partial charge in [-0.15, -0.1) is 0 Å². The Balaban J connectivity index is 0.000000555. The van der Waals surface area contributed by atoms with Gasteiger partial charge >= 0.3 is 0 Å². The molecule has 0 aromatic heterocycles. The topological polar surface area (TPSA) is 82.8 Å². The van der Waals surface area contributed by atoms with Crippen LogP contribution in [0.1, 0.15) is 20.3 Å². The van der Waals surface area contributed by atoms with Crippen molar-refractivity contribution in [2.75, 3.05) is 21.3 Å². The number of carbonyl (C=O) groups is 1. The van der Waals surface area contributed by atoms with Crippen molar-refractivity contribution in [2.45, 2.75) is 38.2 Å². The van der Waals surface area contributed by atoms with Crippen molar-refractivity contribution in [1.29, 1.82) is 0 Å². The lowest BCUT2D eigenvalue weighted by molar-refractivity contribution is -0.239. The number of hydrogen-bond donors (Lipinski definition) is 2. The maximum Gasteiger partial charge on any atom is 0.250 e. The standard InChI is InChI=1S/C9H15NO4.C3H11NSi/c1-6(12-2)9(13-3,14-4)7-5-8(11)10-7;1-2-3-5-4/h5-6H,1-4H3,(H,10,11);2-5H2,1H3. The molecule has 1 unspecified atom stereocenters. The average molecular weight is 290 g/mol. The summed E-state index contributed by atoms with van der Waals surface area (Å²) in [5, 5.41) is 7.87. The smallest absolute Gasteiger partial charge is 0.250 e. The van der Waals surface area contributed by atoms with Crippen LogP contribution in [0.15, 0.2) is 11.8 Å². The van der Waals surface area contributed by atoms with Gasteiger partial charge < -0.3 is 24.9 Å². The second-order valence-electron chi connectivity index (χ2n) is 4.14. The third-order valence-electron chi connectivity index (χ3n) is 2.96. The van der Waals surface area contributed by atoms with Gasteiger partial charge in [0.15, 0.2) is 0 Å². The van der Waals surface area contributed by atoms with Gasteiger partial charge in [0.25, 0.3) is 0 Å². The molecule has 112 valence electrons. The third-order valence-corrected chi connectivity index (χ3v) is 4.08. The third kappa shape index (κ3) is 4.70. The largest absolute Gasteiger partial charge is 0.376 e. The second-order valence-corrected chi connectivity index (χ2v) is 5.43. The van der Waals surface area contributed by atoms with Crippen LogP contribution in [0.5, 0.6) is 0 Å². The lowest BCUT2D eigenvalue weighted by Gasteiger charge is -2.39. The Morgan fingerprint density at radius 1 is 1.42 bits per heavy atom. The Labute approximate surface area is 117 Å². The molecule has 1 amide bonds. The zero-order valence-corrected chi connectivity index (χ0v) is 13.9. The Morgan fingerprint density at radius 2 is 1.95 bits per heavy atom. The summed E-state index contributed by atoms with van der Waals surface area (Å²) in [6.07, 6.45) is 2.40. The van der Waals surface area contributed by atoms with Crippen molar-refractivity contribution in [2.24, 2.45) is 5.40 Å². The van der Waals surface area contributed by atoms with Crippen LogP contribution in [0.3, 0.4) is 0 Å². The Kier molecular flexibility index (Phi) is 8.86. The number of hydrogen-bond acceptors (Lipinski definition) is 5. The van der Waals surface area contributed by atoms with Crippen LogP contribution in [-0.2, 0) is 19.0 Å². The van der Waals surface area contributed by atoms with Gasteiger partial charge in [-0.3, -0.25) is 4.79 Å². The number of nitrogens with two attached hydrogens (primary N) is 1. The molecule has 19 heavy (non-hydrogen) atoms. The lowest BCUT2D eigenvalue weighted by atomic mass is 10.0. The average Bonchev–Trinajstić information content (AvgIpc) is 2.39. The molecule has 0 saturated carbocycles. The molecule has 1 atom stereocenters. The molecular formula is C12H26N2O4Si.